The Bertz CT molecular complexity index is 656. The molecular formula is C16H25ClN2O4S. The Morgan fingerprint density at radius 3 is 2.46 bits per heavy atom. The van der Waals surface area contributed by atoms with Crippen LogP contribution in [0.2, 0.25) is 0 Å². The summed E-state index contributed by atoms with van der Waals surface area (Å²) >= 11 is 0. The molecule has 1 aliphatic rings. The first-order valence-corrected chi connectivity index (χ1v) is 9.35. The van der Waals surface area contributed by atoms with Crippen molar-refractivity contribution in [1.29, 1.82) is 0 Å². The normalized spacial score (nSPS) is 17.8. The average molecular weight is 377 g/mol. The first-order chi connectivity index (χ1) is 10.8. The summed E-state index contributed by atoms with van der Waals surface area (Å²) in [5, 5.41) is 0. The standard InChI is InChI=1S/C16H24N2O4S.ClH/c1-12(17)13-7-9-18(10-8-13)23(20,21)11-14-5-3-4-6-15(14)16(19)22-2;/h3-6,12-13H,7-11,17H2,1-2H3;1H. The lowest BCUT2D eigenvalue weighted by molar-refractivity contribution is 0.0600. The predicted octanol–water partition coefficient (Wildman–Crippen LogP) is 1.78. The van der Waals surface area contributed by atoms with Gasteiger partial charge in [0.1, 0.15) is 0 Å². The van der Waals surface area contributed by atoms with E-state index in [1.54, 1.807) is 24.3 Å². The number of nitrogens with two attached hydrogens (primary N) is 1. The number of benzene rings is 1. The Labute approximate surface area is 149 Å². The number of rotatable bonds is 5. The van der Waals surface area contributed by atoms with Gasteiger partial charge in [0.05, 0.1) is 18.4 Å². The zero-order chi connectivity index (χ0) is 17.0. The van der Waals surface area contributed by atoms with Crippen molar-refractivity contribution in [3.63, 3.8) is 0 Å². The molecule has 0 radical (unpaired) electrons. The van der Waals surface area contributed by atoms with E-state index in [1.807, 2.05) is 6.92 Å². The molecule has 1 saturated heterocycles. The maximum atomic E-state index is 12.6. The van der Waals surface area contributed by atoms with Crippen LogP contribution in [0.15, 0.2) is 24.3 Å². The van der Waals surface area contributed by atoms with Crippen LogP contribution in [0.3, 0.4) is 0 Å². The lowest BCUT2D eigenvalue weighted by atomic mass is 9.92. The van der Waals surface area contributed by atoms with Crippen LogP contribution in [0, 0.1) is 5.92 Å². The number of hydrogen-bond acceptors (Lipinski definition) is 5. The van der Waals surface area contributed by atoms with Gasteiger partial charge in [-0.15, -0.1) is 12.4 Å². The van der Waals surface area contributed by atoms with Gasteiger partial charge in [0.15, 0.2) is 0 Å². The number of esters is 1. The molecule has 1 aromatic rings. The van der Waals surface area contributed by atoms with E-state index in [4.69, 9.17) is 10.5 Å². The molecule has 1 fully saturated rings. The summed E-state index contributed by atoms with van der Waals surface area (Å²) in [5.74, 6) is -0.350. The molecule has 136 valence electrons. The van der Waals surface area contributed by atoms with Crippen LogP contribution in [0.5, 0.6) is 0 Å². The highest BCUT2D eigenvalue weighted by Crippen LogP contribution is 2.24. The van der Waals surface area contributed by atoms with Gasteiger partial charge in [-0.1, -0.05) is 18.2 Å². The fourth-order valence-electron chi connectivity index (χ4n) is 2.92. The third-order valence-electron chi connectivity index (χ3n) is 4.40. The highest BCUT2D eigenvalue weighted by molar-refractivity contribution is 7.88. The van der Waals surface area contributed by atoms with Crippen LogP contribution in [0.4, 0.5) is 0 Å². The zero-order valence-corrected chi connectivity index (χ0v) is 15.6. The Kier molecular flexibility index (Phi) is 7.66. The van der Waals surface area contributed by atoms with Crippen molar-refractivity contribution in [2.24, 2.45) is 11.7 Å². The fourth-order valence-corrected chi connectivity index (χ4v) is 4.52. The van der Waals surface area contributed by atoms with Crippen LogP contribution >= 0.6 is 12.4 Å². The van der Waals surface area contributed by atoms with Gasteiger partial charge in [-0.3, -0.25) is 0 Å². The van der Waals surface area contributed by atoms with Crippen LogP contribution < -0.4 is 5.73 Å². The minimum atomic E-state index is -3.47. The largest absolute Gasteiger partial charge is 0.465 e. The average Bonchev–Trinajstić information content (AvgIpc) is 2.54. The van der Waals surface area contributed by atoms with Crippen LogP contribution in [-0.4, -0.2) is 44.9 Å². The highest BCUT2D eigenvalue weighted by Gasteiger charge is 2.30. The summed E-state index contributed by atoms with van der Waals surface area (Å²) in [6.07, 6.45) is 1.55. The van der Waals surface area contributed by atoms with Crippen molar-refractivity contribution in [2.75, 3.05) is 20.2 Å². The molecule has 0 amide bonds. The molecule has 0 aromatic heterocycles. The molecule has 24 heavy (non-hydrogen) atoms. The minimum absolute atomic E-state index is 0. The first-order valence-electron chi connectivity index (χ1n) is 7.74. The monoisotopic (exact) mass is 376 g/mol. The molecule has 2 N–H and O–H groups in total. The molecule has 1 heterocycles. The number of hydrogen-bond donors (Lipinski definition) is 1. The quantitative estimate of drug-likeness (QED) is 0.791. The summed E-state index contributed by atoms with van der Waals surface area (Å²) in [7, 11) is -2.18. The number of piperidine rings is 1. The second-order valence-corrected chi connectivity index (χ2v) is 7.97. The molecule has 2 rings (SSSR count). The molecule has 1 aromatic carbocycles. The Balaban J connectivity index is 0.00000288. The summed E-state index contributed by atoms with van der Waals surface area (Å²) in [4.78, 5) is 11.8. The topological polar surface area (TPSA) is 89.7 Å². The first kappa shape index (κ1) is 20.9. The maximum Gasteiger partial charge on any atom is 0.338 e. The molecule has 1 atom stereocenters. The summed E-state index contributed by atoms with van der Waals surface area (Å²) in [6, 6.07) is 6.73. The lowest BCUT2D eigenvalue weighted by Gasteiger charge is -2.33. The molecule has 6 nitrogen and oxygen atoms in total. The van der Waals surface area contributed by atoms with Crippen molar-refractivity contribution in [1.82, 2.24) is 4.31 Å². The van der Waals surface area contributed by atoms with Crippen molar-refractivity contribution < 1.29 is 17.9 Å². The van der Waals surface area contributed by atoms with Gasteiger partial charge in [0, 0.05) is 19.1 Å². The molecule has 0 saturated carbocycles. The van der Waals surface area contributed by atoms with Crippen LogP contribution in [0.25, 0.3) is 0 Å². The van der Waals surface area contributed by atoms with Gasteiger partial charge >= 0.3 is 5.97 Å². The Morgan fingerprint density at radius 2 is 1.92 bits per heavy atom. The van der Waals surface area contributed by atoms with E-state index in [1.165, 1.54) is 11.4 Å². The van der Waals surface area contributed by atoms with Crippen molar-refractivity contribution >= 4 is 28.4 Å². The van der Waals surface area contributed by atoms with Crippen molar-refractivity contribution in [2.45, 2.75) is 31.6 Å². The van der Waals surface area contributed by atoms with E-state index >= 15 is 0 Å². The van der Waals surface area contributed by atoms with Crippen LogP contribution in [-0.2, 0) is 20.5 Å². The molecule has 1 aliphatic heterocycles. The number of halogens is 1. The Hall–Kier alpha value is -1.15. The number of carbonyl (C=O) groups is 1. The summed E-state index contributed by atoms with van der Waals surface area (Å²) < 4.78 is 31.5. The van der Waals surface area contributed by atoms with Gasteiger partial charge < -0.3 is 10.5 Å². The lowest BCUT2D eigenvalue weighted by Crippen LogP contribution is -2.43. The maximum absolute atomic E-state index is 12.6. The minimum Gasteiger partial charge on any atom is -0.465 e. The molecule has 8 heteroatoms. The fraction of sp³-hybridized carbons (Fsp3) is 0.562. The number of sulfonamides is 1. The smallest absolute Gasteiger partial charge is 0.338 e. The van der Waals surface area contributed by atoms with Gasteiger partial charge in [-0.05, 0) is 37.3 Å². The third-order valence-corrected chi connectivity index (χ3v) is 6.22. The van der Waals surface area contributed by atoms with E-state index in [0.717, 1.165) is 12.8 Å². The number of methoxy groups -OCH3 is 1. The number of carbonyl (C=O) groups excluding carboxylic acids is 1. The molecular weight excluding hydrogens is 352 g/mol. The molecule has 0 aliphatic carbocycles. The highest BCUT2D eigenvalue weighted by atomic mass is 35.5. The number of ether oxygens (including phenoxy) is 1. The van der Waals surface area contributed by atoms with Crippen molar-refractivity contribution in [3.8, 4) is 0 Å². The number of nitrogens with zero attached hydrogens (tertiary/aromatic N) is 1. The van der Waals surface area contributed by atoms with Gasteiger partial charge in [0.25, 0.3) is 0 Å². The zero-order valence-electron chi connectivity index (χ0n) is 14.0. The third kappa shape index (κ3) is 4.92. The SMILES string of the molecule is COC(=O)c1ccccc1CS(=O)(=O)N1CCC(C(C)N)CC1.Cl. The predicted molar refractivity (Wildman–Crippen MR) is 95.6 cm³/mol. The molecule has 0 spiro atoms. The van der Waals surface area contributed by atoms with Gasteiger partial charge in [-0.25, -0.2) is 17.5 Å². The summed E-state index contributed by atoms with van der Waals surface area (Å²) in [5.41, 5.74) is 6.66. The van der Waals surface area contributed by atoms with E-state index < -0.39 is 16.0 Å². The van der Waals surface area contributed by atoms with E-state index in [0.29, 0.717) is 30.1 Å². The second-order valence-electron chi connectivity index (χ2n) is 6.00. The second kappa shape index (κ2) is 8.80. The van der Waals surface area contributed by atoms with Crippen molar-refractivity contribution in [3.05, 3.63) is 35.4 Å². The van der Waals surface area contributed by atoms with E-state index in [2.05, 4.69) is 0 Å². The van der Waals surface area contributed by atoms with E-state index in [9.17, 15) is 13.2 Å². The van der Waals surface area contributed by atoms with Crippen LogP contribution in [0.1, 0.15) is 35.7 Å². The van der Waals surface area contributed by atoms with E-state index in [-0.39, 0.29) is 24.2 Å². The van der Waals surface area contributed by atoms with Gasteiger partial charge in [0.2, 0.25) is 10.0 Å². The summed E-state index contributed by atoms with van der Waals surface area (Å²) in [6.45, 7) is 2.92. The Morgan fingerprint density at radius 1 is 1.33 bits per heavy atom. The van der Waals surface area contributed by atoms with Gasteiger partial charge in [-0.2, -0.15) is 0 Å². The molecule has 0 bridgehead atoms. The molecule has 1 unspecified atom stereocenters.